The Hall–Kier alpha value is 0.530. The van der Waals surface area contributed by atoms with Crippen LogP contribution in [0.4, 0.5) is 0 Å². The van der Waals surface area contributed by atoms with Crippen LogP contribution in [0.15, 0.2) is 0 Å². The molecule has 102 valence electrons. The maximum absolute atomic E-state index is 11.2. The van der Waals surface area contributed by atoms with Crippen molar-refractivity contribution in [3.05, 3.63) is 0 Å². The number of rotatable bonds is 3. The Bertz CT molecular complexity index is 315. The molecule has 0 aliphatic rings. The summed E-state index contributed by atoms with van der Waals surface area (Å²) in [6, 6.07) is -0.462. The van der Waals surface area contributed by atoms with Gasteiger partial charge in [-0.15, -0.1) is 11.6 Å². The molecule has 0 rings (SSSR count). The predicted molar refractivity (Wildman–Crippen MR) is 73.4 cm³/mol. The molecule has 1 unspecified atom stereocenters. The number of ketones is 1. The normalized spacial score (nSPS) is 13.2. The van der Waals surface area contributed by atoms with E-state index in [1.165, 1.54) is 6.92 Å². The van der Waals surface area contributed by atoms with Crippen LogP contribution in [-0.4, -0.2) is 22.6 Å². The molecule has 0 aliphatic carbocycles. The second-order valence-corrected chi connectivity index (χ2v) is 11.3. The van der Waals surface area contributed by atoms with Crippen LogP contribution in [0.3, 0.4) is 0 Å². The van der Waals surface area contributed by atoms with Gasteiger partial charge in [0, 0.05) is 0 Å². The topological polar surface area (TPSA) is 63.2 Å². The number of alkyl halides is 1. The van der Waals surface area contributed by atoms with E-state index in [0.29, 0.717) is 0 Å². The highest BCUT2D eigenvalue weighted by atomic mass is 36.0. The number of carbonyl (C=O) groups excluding carboxylic acids is 2. The third-order valence-corrected chi connectivity index (χ3v) is 1.67. The molecule has 0 aliphatic heterocycles. The number of amides is 1. The summed E-state index contributed by atoms with van der Waals surface area (Å²) >= 11 is 19.6. The zero-order valence-corrected chi connectivity index (χ0v) is 13.7. The lowest BCUT2D eigenvalue weighted by Crippen LogP contribution is -2.45. The van der Waals surface area contributed by atoms with Crippen LogP contribution < -0.4 is 5.32 Å². The number of Topliss-reactive ketones (excluding diaryl/α,β-unsaturated/α-hetero) is 1. The number of carbonyl (C=O) groups is 2. The lowest BCUT2D eigenvalue weighted by atomic mass is 10.1. The highest BCUT2D eigenvalue weighted by Crippen LogP contribution is 2.61. The number of hydrogen-bond donors (Lipinski definition) is 1. The van der Waals surface area contributed by atoms with Crippen molar-refractivity contribution in [2.24, 2.45) is 0 Å². The van der Waals surface area contributed by atoms with Gasteiger partial charge in [-0.3, -0.25) is 14.2 Å². The number of nitrogens with one attached hydrogen (secondary N) is 1. The minimum absolute atomic E-state index is 0.0794. The Morgan fingerprint density at radius 1 is 1.24 bits per heavy atom. The number of hydrogen-bond acceptors (Lipinski definition) is 3. The predicted octanol–water partition coefficient (Wildman–Crippen LogP) is 3.91. The maximum Gasteiger partial charge on any atom is 0.339 e. The number of halogens is 4. The first-order valence-electron chi connectivity index (χ1n) is 4.44. The third kappa shape index (κ3) is 16.5. The van der Waals surface area contributed by atoms with Crippen molar-refractivity contribution in [2.45, 2.75) is 38.6 Å². The molecule has 9 heteroatoms. The van der Waals surface area contributed by atoms with Crippen LogP contribution in [0.1, 0.15) is 27.7 Å². The average molecular weight is 345 g/mol. The first kappa shape index (κ1) is 19.9. The van der Waals surface area contributed by atoms with Crippen molar-refractivity contribution in [3.8, 4) is 0 Å². The smallest absolute Gasteiger partial charge is 0.339 e. The molecule has 0 bridgehead atoms. The van der Waals surface area contributed by atoms with Crippen LogP contribution >= 0.6 is 50.5 Å². The van der Waals surface area contributed by atoms with Crippen molar-refractivity contribution in [1.29, 1.82) is 0 Å². The average Bonchev–Trinajstić information content (AvgIpc) is 1.98. The van der Waals surface area contributed by atoms with Crippen LogP contribution in [0.25, 0.3) is 0 Å². The van der Waals surface area contributed by atoms with Gasteiger partial charge in [0.2, 0.25) is 5.91 Å². The van der Waals surface area contributed by atoms with Gasteiger partial charge in [0.25, 0.3) is 0 Å². The Morgan fingerprint density at radius 3 is 1.71 bits per heavy atom. The second kappa shape index (κ2) is 7.85. The van der Waals surface area contributed by atoms with E-state index < -0.39 is 16.1 Å². The van der Waals surface area contributed by atoms with E-state index in [4.69, 9.17) is 11.6 Å². The third-order valence-electron chi connectivity index (χ3n) is 1.50. The molecule has 0 spiro atoms. The molecule has 0 aromatic heterocycles. The summed E-state index contributed by atoms with van der Waals surface area (Å²) in [5, 5.41) is -0.723. The van der Waals surface area contributed by atoms with Crippen molar-refractivity contribution in [2.75, 3.05) is 0 Å². The zero-order chi connectivity index (χ0) is 14.4. The van der Waals surface area contributed by atoms with Gasteiger partial charge in [-0.05, 0) is 61.4 Å². The molecule has 0 radical (unpaired) electrons. The molecule has 17 heavy (non-hydrogen) atoms. The summed E-state index contributed by atoms with van der Waals surface area (Å²) in [7, 11) is 0. The standard InChI is InChI=1S/C8H14ClNO2.Cl3OP/c1-5(6(2)11)10-7(12)8(3,4)9;1-5(2,3)4/h5H,1-4H3,(H,10,12);. The van der Waals surface area contributed by atoms with Crippen LogP contribution in [0.2, 0.25) is 0 Å². The van der Waals surface area contributed by atoms with E-state index in [0.717, 1.165) is 0 Å². The summed E-state index contributed by atoms with van der Waals surface area (Å²) in [5.41, 5.74) is 0. The van der Waals surface area contributed by atoms with E-state index in [9.17, 15) is 14.2 Å². The molecular weight excluding hydrogens is 331 g/mol. The first-order chi connectivity index (χ1) is 7.25. The molecule has 0 saturated carbocycles. The molecule has 1 N–H and O–H groups in total. The lowest BCUT2D eigenvalue weighted by molar-refractivity contribution is -0.127. The molecule has 1 atom stereocenters. The van der Waals surface area contributed by atoms with Crippen molar-refractivity contribution >= 4 is 62.2 Å². The highest BCUT2D eigenvalue weighted by molar-refractivity contribution is 8.24. The molecule has 0 fully saturated rings. The summed E-state index contributed by atoms with van der Waals surface area (Å²) in [5.74, 6) is -0.406. The summed E-state index contributed by atoms with van der Waals surface area (Å²) in [4.78, 5) is 21.0. The van der Waals surface area contributed by atoms with Gasteiger partial charge in [0.15, 0.2) is 5.78 Å². The van der Waals surface area contributed by atoms with Crippen LogP contribution in [0, 0.1) is 0 Å². The fourth-order valence-electron chi connectivity index (χ4n) is 0.470. The van der Waals surface area contributed by atoms with E-state index in [1.807, 2.05) is 0 Å². The van der Waals surface area contributed by atoms with Gasteiger partial charge in [-0.2, -0.15) is 0 Å². The summed E-state index contributed by atoms with van der Waals surface area (Å²) in [6.07, 6.45) is 0. The summed E-state index contributed by atoms with van der Waals surface area (Å²) in [6.45, 7) is 6.21. The fourth-order valence-corrected chi connectivity index (χ4v) is 0.524. The van der Waals surface area contributed by atoms with Crippen molar-refractivity contribution < 1.29 is 14.2 Å². The molecular formula is C8H14Cl4NO3P. The molecule has 0 aromatic carbocycles. The molecule has 0 saturated heterocycles. The van der Waals surface area contributed by atoms with Gasteiger partial charge in [-0.1, -0.05) is 0 Å². The molecule has 4 nitrogen and oxygen atoms in total. The maximum atomic E-state index is 11.2. The first-order valence-corrected chi connectivity index (χ1v) is 9.24. The quantitative estimate of drug-likeness (QED) is 0.623. The van der Waals surface area contributed by atoms with E-state index >= 15 is 0 Å². The SMILES string of the molecule is CC(=O)C(C)NC(=O)C(C)(C)Cl.O=P(Cl)(Cl)Cl. The Labute approximate surface area is 120 Å². The molecule has 0 aromatic rings. The van der Waals surface area contributed by atoms with Gasteiger partial charge in [-0.25, -0.2) is 0 Å². The van der Waals surface area contributed by atoms with Crippen molar-refractivity contribution in [3.63, 3.8) is 0 Å². The van der Waals surface area contributed by atoms with Gasteiger partial charge >= 0.3 is 5.20 Å². The largest absolute Gasteiger partial charge is 0.345 e. The van der Waals surface area contributed by atoms with E-state index in [-0.39, 0.29) is 11.7 Å². The van der Waals surface area contributed by atoms with E-state index in [2.05, 4.69) is 39.0 Å². The van der Waals surface area contributed by atoms with Gasteiger partial charge in [0.1, 0.15) is 4.87 Å². The lowest BCUT2D eigenvalue weighted by Gasteiger charge is -2.18. The molecule has 0 heterocycles. The monoisotopic (exact) mass is 343 g/mol. The zero-order valence-electron chi connectivity index (χ0n) is 9.76. The fraction of sp³-hybridized carbons (Fsp3) is 0.750. The van der Waals surface area contributed by atoms with Gasteiger partial charge in [0.05, 0.1) is 6.04 Å². The summed E-state index contributed by atoms with van der Waals surface area (Å²) < 4.78 is 9.51. The molecule has 1 amide bonds. The minimum atomic E-state index is -3.22. The Balaban J connectivity index is 0. The van der Waals surface area contributed by atoms with Crippen LogP contribution in [-0.2, 0) is 14.2 Å². The highest BCUT2D eigenvalue weighted by Gasteiger charge is 2.26. The Morgan fingerprint density at radius 2 is 1.53 bits per heavy atom. The van der Waals surface area contributed by atoms with Crippen molar-refractivity contribution in [1.82, 2.24) is 5.32 Å². The van der Waals surface area contributed by atoms with Gasteiger partial charge < -0.3 is 5.32 Å². The van der Waals surface area contributed by atoms with E-state index in [1.54, 1.807) is 20.8 Å². The second-order valence-electron chi connectivity index (χ2n) is 3.68. The minimum Gasteiger partial charge on any atom is -0.345 e. The Kier molecular flexibility index (Phi) is 9.18. The van der Waals surface area contributed by atoms with Crippen LogP contribution in [0.5, 0.6) is 0 Å².